The minimum atomic E-state index is 0.0593. The molecule has 2 aromatic rings. The van der Waals surface area contributed by atoms with Crippen LogP contribution in [-0.4, -0.2) is 50.9 Å². The largest absolute Gasteiger partial charge is 0.337 e. The van der Waals surface area contributed by atoms with E-state index < -0.39 is 0 Å². The maximum atomic E-state index is 13.2. The molecule has 1 aliphatic carbocycles. The molecule has 4 rings (SSSR count). The van der Waals surface area contributed by atoms with Gasteiger partial charge in [-0.3, -0.25) is 19.1 Å². The van der Waals surface area contributed by atoms with Crippen LogP contribution in [0.1, 0.15) is 71.2 Å². The van der Waals surface area contributed by atoms with E-state index in [9.17, 15) is 9.59 Å². The van der Waals surface area contributed by atoms with E-state index in [4.69, 9.17) is 4.98 Å². The Morgan fingerprint density at radius 3 is 2.58 bits per heavy atom. The first kappa shape index (κ1) is 22.0. The van der Waals surface area contributed by atoms with Gasteiger partial charge < -0.3 is 4.90 Å². The SMILES string of the molecule is CCCn1c(C(CC)N2CCN(C(=O)C3CCCC3)C(C)C2)nc2ccccc2c1=O. The molecule has 2 unspecified atom stereocenters. The van der Waals surface area contributed by atoms with E-state index in [1.54, 1.807) is 0 Å². The number of hydrogen-bond acceptors (Lipinski definition) is 4. The average molecular weight is 425 g/mol. The fourth-order valence-electron chi connectivity index (χ4n) is 5.49. The first-order chi connectivity index (χ1) is 15.0. The van der Waals surface area contributed by atoms with Gasteiger partial charge in [0.05, 0.1) is 16.9 Å². The van der Waals surface area contributed by atoms with Gasteiger partial charge in [-0.05, 0) is 44.7 Å². The highest BCUT2D eigenvalue weighted by Crippen LogP contribution is 2.30. The van der Waals surface area contributed by atoms with Crippen LogP contribution in [0.15, 0.2) is 29.1 Å². The Hall–Kier alpha value is -2.21. The third kappa shape index (κ3) is 4.27. The standard InChI is InChI=1S/C25H36N4O2/c1-4-14-29-23(26-21-13-9-8-12-20(21)25(29)31)22(5-2)27-15-16-28(18(3)17-27)24(30)19-10-6-7-11-19/h8-9,12-13,18-19,22H,4-7,10-11,14-17H2,1-3H3. The molecule has 2 atom stereocenters. The molecule has 0 N–H and O–H groups in total. The summed E-state index contributed by atoms with van der Waals surface area (Å²) in [5.41, 5.74) is 0.834. The van der Waals surface area contributed by atoms with Gasteiger partial charge in [-0.2, -0.15) is 0 Å². The number of carbonyl (C=O) groups excluding carboxylic acids is 1. The molecule has 0 spiro atoms. The summed E-state index contributed by atoms with van der Waals surface area (Å²) in [5.74, 6) is 1.45. The maximum Gasteiger partial charge on any atom is 0.261 e. The summed E-state index contributed by atoms with van der Waals surface area (Å²) in [4.78, 5) is 35.8. The quantitative estimate of drug-likeness (QED) is 0.704. The molecular formula is C25H36N4O2. The summed E-state index contributed by atoms with van der Waals surface area (Å²) in [6, 6.07) is 7.92. The lowest BCUT2D eigenvalue weighted by molar-refractivity contribution is -0.140. The molecule has 1 aromatic carbocycles. The van der Waals surface area contributed by atoms with Crippen molar-refractivity contribution in [2.75, 3.05) is 19.6 Å². The van der Waals surface area contributed by atoms with Crippen LogP contribution in [-0.2, 0) is 11.3 Å². The van der Waals surface area contributed by atoms with Crippen molar-refractivity contribution in [1.82, 2.24) is 19.4 Å². The zero-order valence-corrected chi connectivity index (χ0v) is 19.2. The van der Waals surface area contributed by atoms with Crippen LogP contribution in [0.25, 0.3) is 10.9 Å². The highest BCUT2D eigenvalue weighted by atomic mass is 16.2. The maximum absolute atomic E-state index is 13.2. The second kappa shape index (κ2) is 9.51. The molecule has 0 bridgehead atoms. The molecule has 1 saturated carbocycles. The van der Waals surface area contributed by atoms with E-state index >= 15 is 0 Å². The van der Waals surface area contributed by atoms with Crippen molar-refractivity contribution in [1.29, 1.82) is 0 Å². The van der Waals surface area contributed by atoms with Gasteiger partial charge in [-0.1, -0.05) is 38.8 Å². The molecule has 6 heteroatoms. The van der Waals surface area contributed by atoms with Crippen molar-refractivity contribution >= 4 is 16.8 Å². The highest BCUT2D eigenvalue weighted by molar-refractivity contribution is 5.79. The number of para-hydroxylation sites is 1. The van der Waals surface area contributed by atoms with E-state index in [1.807, 2.05) is 28.8 Å². The Balaban J connectivity index is 1.61. The molecule has 168 valence electrons. The van der Waals surface area contributed by atoms with Crippen LogP contribution >= 0.6 is 0 Å². The van der Waals surface area contributed by atoms with Gasteiger partial charge in [0, 0.05) is 38.1 Å². The van der Waals surface area contributed by atoms with Crippen molar-refractivity contribution < 1.29 is 4.79 Å². The Morgan fingerprint density at radius 2 is 1.90 bits per heavy atom. The molecule has 6 nitrogen and oxygen atoms in total. The lowest BCUT2D eigenvalue weighted by atomic mass is 10.0. The van der Waals surface area contributed by atoms with Crippen LogP contribution < -0.4 is 5.56 Å². The van der Waals surface area contributed by atoms with E-state index in [1.165, 1.54) is 12.8 Å². The van der Waals surface area contributed by atoms with Gasteiger partial charge in [0.1, 0.15) is 5.82 Å². The lowest BCUT2D eigenvalue weighted by Crippen LogP contribution is -2.56. The first-order valence-electron chi connectivity index (χ1n) is 12.1. The Kier molecular flexibility index (Phi) is 6.75. The van der Waals surface area contributed by atoms with Gasteiger partial charge in [0.25, 0.3) is 5.56 Å². The van der Waals surface area contributed by atoms with Gasteiger partial charge in [0.2, 0.25) is 5.91 Å². The first-order valence-corrected chi connectivity index (χ1v) is 12.1. The predicted octanol–water partition coefficient (Wildman–Crippen LogP) is 3.98. The van der Waals surface area contributed by atoms with Crippen LogP contribution in [0.3, 0.4) is 0 Å². The zero-order chi connectivity index (χ0) is 22.0. The topological polar surface area (TPSA) is 58.4 Å². The molecule has 1 saturated heterocycles. The number of amides is 1. The van der Waals surface area contributed by atoms with Crippen molar-refractivity contribution in [2.24, 2.45) is 5.92 Å². The van der Waals surface area contributed by atoms with Gasteiger partial charge in [0.15, 0.2) is 0 Å². The predicted molar refractivity (Wildman–Crippen MR) is 124 cm³/mol. The van der Waals surface area contributed by atoms with Crippen molar-refractivity contribution in [3.8, 4) is 0 Å². The third-order valence-corrected chi connectivity index (χ3v) is 7.11. The number of aromatic nitrogens is 2. The Bertz CT molecular complexity index is 979. The summed E-state index contributed by atoms with van der Waals surface area (Å²) >= 11 is 0. The van der Waals surface area contributed by atoms with Crippen LogP contribution in [0.5, 0.6) is 0 Å². The van der Waals surface area contributed by atoms with E-state index in [0.717, 1.165) is 56.7 Å². The summed E-state index contributed by atoms with van der Waals surface area (Å²) in [6.07, 6.45) is 6.25. The summed E-state index contributed by atoms with van der Waals surface area (Å²) in [7, 11) is 0. The molecule has 2 heterocycles. The van der Waals surface area contributed by atoms with Crippen LogP contribution in [0.4, 0.5) is 0 Å². The van der Waals surface area contributed by atoms with Gasteiger partial charge in [-0.25, -0.2) is 4.98 Å². The molecule has 1 aromatic heterocycles. The van der Waals surface area contributed by atoms with Crippen molar-refractivity contribution in [3.05, 3.63) is 40.4 Å². The molecule has 2 aliphatic rings. The van der Waals surface area contributed by atoms with Crippen molar-refractivity contribution in [3.63, 3.8) is 0 Å². The van der Waals surface area contributed by atoms with Crippen LogP contribution in [0, 0.1) is 5.92 Å². The number of piperazine rings is 1. The monoisotopic (exact) mass is 424 g/mol. The number of benzene rings is 1. The van der Waals surface area contributed by atoms with Gasteiger partial charge >= 0.3 is 0 Å². The number of nitrogens with zero attached hydrogens (tertiary/aromatic N) is 4. The minimum Gasteiger partial charge on any atom is -0.337 e. The Morgan fingerprint density at radius 1 is 1.16 bits per heavy atom. The summed E-state index contributed by atoms with van der Waals surface area (Å²) < 4.78 is 1.89. The molecule has 0 radical (unpaired) electrons. The number of carbonyl (C=O) groups is 1. The van der Waals surface area contributed by atoms with Crippen molar-refractivity contribution in [2.45, 2.75) is 77.9 Å². The minimum absolute atomic E-state index is 0.0593. The van der Waals surface area contributed by atoms with E-state index in [0.29, 0.717) is 17.8 Å². The number of fused-ring (bicyclic) bond motifs is 1. The zero-order valence-electron chi connectivity index (χ0n) is 19.2. The molecular weight excluding hydrogens is 388 g/mol. The van der Waals surface area contributed by atoms with Gasteiger partial charge in [-0.15, -0.1) is 0 Å². The fraction of sp³-hybridized carbons (Fsp3) is 0.640. The smallest absolute Gasteiger partial charge is 0.261 e. The van der Waals surface area contributed by atoms with E-state index in [-0.39, 0.29) is 23.6 Å². The van der Waals surface area contributed by atoms with E-state index in [2.05, 4.69) is 30.6 Å². The number of rotatable bonds is 6. The third-order valence-electron chi connectivity index (χ3n) is 7.11. The summed E-state index contributed by atoms with van der Waals surface area (Å²) in [5, 5.41) is 0.690. The second-order valence-corrected chi connectivity index (χ2v) is 9.22. The number of hydrogen-bond donors (Lipinski definition) is 0. The molecule has 1 aliphatic heterocycles. The Labute approximate surface area is 185 Å². The summed E-state index contributed by atoms with van der Waals surface area (Å²) in [6.45, 7) is 9.53. The molecule has 2 fully saturated rings. The highest BCUT2D eigenvalue weighted by Gasteiger charge is 2.36. The molecule has 1 amide bonds. The fourth-order valence-corrected chi connectivity index (χ4v) is 5.49. The average Bonchev–Trinajstić information content (AvgIpc) is 3.31. The second-order valence-electron chi connectivity index (χ2n) is 9.22. The molecule has 31 heavy (non-hydrogen) atoms. The normalized spacial score (nSPS) is 21.6. The van der Waals surface area contributed by atoms with Crippen LogP contribution in [0.2, 0.25) is 0 Å². The lowest BCUT2D eigenvalue weighted by Gasteiger charge is -2.44.